The van der Waals surface area contributed by atoms with Crippen molar-refractivity contribution in [2.24, 2.45) is 0 Å². The van der Waals surface area contributed by atoms with Crippen molar-refractivity contribution in [3.8, 4) is 11.5 Å². The molecule has 0 fully saturated rings. The zero-order valence-corrected chi connectivity index (χ0v) is 10.6. The molecule has 0 radical (unpaired) electrons. The summed E-state index contributed by atoms with van der Waals surface area (Å²) in [4.78, 5) is 8.43. The van der Waals surface area contributed by atoms with Gasteiger partial charge in [-0.25, -0.2) is 9.97 Å². The molecule has 2 aromatic carbocycles. The Kier molecular flexibility index (Phi) is 3.09. The van der Waals surface area contributed by atoms with E-state index in [0.717, 1.165) is 22.3 Å². The van der Waals surface area contributed by atoms with Crippen molar-refractivity contribution in [1.82, 2.24) is 9.97 Å². The minimum Gasteiger partial charge on any atom is -0.504 e. The molecule has 0 bridgehead atoms. The highest BCUT2D eigenvalue weighted by Crippen LogP contribution is 2.25. The summed E-state index contributed by atoms with van der Waals surface area (Å²) in [5.74, 6) is 0.487. The highest BCUT2D eigenvalue weighted by atomic mass is 16.3. The van der Waals surface area contributed by atoms with Gasteiger partial charge in [0.05, 0.1) is 5.52 Å². The van der Waals surface area contributed by atoms with Crippen LogP contribution in [0, 0.1) is 0 Å². The van der Waals surface area contributed by atoms with E-state index >= 15 is 0 Å². The number of hydrogen-bond donors (Lipinski definition) is 3. The summed E-state index contributed by atoms with van der Waals surface area (Å²) in [6.45, 7) is 0.495. The van der Waals surface area contributed by atoms with Crippen LogP contribution in [0.4, 0.5) is 5.82 Å². The van der Waals surface area contributed by atoms with Gasteiger partial charge in [0.1, 0.15) is 12.1 Å². The molecule has 0 atom stereocenters. The summed E-state index contributed by atoms with van der Waals surface area (Å²) >= 11 is 0. The first kappa shape index (κ1) is 12.2. The molecule has 0 amide bonds. The zero-order valence-electron chi connectivity index (χ0n) is 10.6. The van der Waals surface area contributed by atoms with Gasteiger partial charge in [0, 0.05) is 11.9 Å². The van der Waals surface area contributed by atoms with Crippen LogP contribution in [-0.4, -0.2) is 20.2 Å². The van der Waals surface area contributed by atoms with Crippen LogP contribution in [-0.2, 0) is 6.54 Å². The van der Waals surface area contributed by atoms with E-state index in [4.69, 9.17) is 0 Å². The fraction of sp³-hybridized carbons (Fsp3) is 0.0667. The number of benzene rings is 2. The quantitative estimate of drug-likeness (QED) is 0.636. The van der Waals surface area contributed by atoms with Crippen molar-refractivity contribution >= 4 is 16.7 Å². The Morgan fingerprint density at radius 1 is 0.950 bits per heavy atom. The topological polar surface area (TPSA) is 78.3 Å². The maximum Gasteiger partial charge on any atom is 0.157 e. The van der Waals surface area contributed by atoms with Gasteiger partial charge in [-0.1, -0.05) is 18.2 Å². The van der Waals surface area contributed by atoms with Crippen molar-refractivity contribution in [2.45, 2.75) is 6.54 Å². The number of aromatic hydroxyl groups is 2. The van der Waals surface area contributed by atoms with Crippen molar-refractivity contribution < 1.29 is 10.2 Å². The molecular formula is C15H13N3O2. The Morgan fingerprint density at radius 2 is 1.80 bits per heavy atom. The maximum absolute atomic E-state index is 9.47. The van der Waals surface area contributed by atoms with Crippen LogP contribution in [0.25, 0.3) is 10.9 Å². The van der Waals surface area contributed by atoms with Crippen LogP contribution in [0.2, 0.25) is 0 Å². The molecule has 5 heteroatoms. The van der Waals surface area contributed by atoms with E-state index in [2.05, 4.69) is 15.3 Å². The highest BCUT2D eigenvalue weighted by Gasteiger charge is 2.04. The van der Waals surface area contributed by atoms with E-state index in [-0.39, 0.29) is 11.5 Å². The molecule has 0 saturated carbocycles. The number of nitrogens with zero attached hydrogens (tertiary/aromatic N) is 2. The summed E-state index contributed by atoms with van der Waals surface area (Å²) in [7, 11) is 0. The van der Waals surface area contributed by atoms with Gasteiger partial charge in [-0.05, 0) is 29.8 Å². The number of phenolic OH excluding ortho intramolecular Hbond substituents is 2. The van der Waals surface area contributed by atoms with E-state index in [0.29, 0.717) is 6.54 Å². The fourth-order valence-electron chi connectivity index (χ4n) is 2.01. The Hall–Kier alpha value is -2.82. The molecule has 100 valence electrons. The van der Waals surface area contributed by atoms with E-state index in [9.17, 15) is 10.2 Å². The second kappa shape index (κ2) is 5.05. The molecule has 3 aromatic rings. The number of anilines is 1. The van der Waals surface area contributed by atoms with Crippen LogP contribution in [0.1, 0.15) is 5.56 Å². The Bertz CT molecular complexity index is 754. The number of nitrogens with one attached hydrogen (secondary N) is 1. The van der Waals surface area contributed by atoms with Gasteiger partial charge in [-0.15, -0.1) is 0 Å². The molecule has 5 nitrogen and oxygen atoms in total. The smallest absolute Gasteiger partial charge is 0.157 e. The summed E-state index contributed by atoms with van der Waals surface area (Å²) < 4.78 is 0. The van der Waals surface area contributed by atoms with Crippen LogP contribution in [0.3, 0.4) is 0 Å². The van der Waals surface area contributed by atoms with E-state index in [1.807, 2.05) is 24.3 Å². The molecule has 0 aliphatic heterocycles. The number of fused-ring (bicyclic) bond motifs is 1. The van der Waals surface area contributed by atoms with Gasteiger partial charge in [0.2, 0.25) is 0 Å². The first-order chi connectivity index (χ1) is 9.74. The highest BCUT2D eigenvalue weighted by molar-refractivity contribution is 5.88. The zero-order chi connectivity index (χ0) is 13.9. The lowest BCUT2D eigenvalue weighted by Gasteiger charge is -2.08. The van der Waals surface area contributed by atoms with Gasteiger partial charge in [-0.3, -0.25) is 0 Å². The third-order valence-corrected chi connectivity index (χ3v) is 3.04. The number of phenols is 2. The van der Waals surface area contributed by atoms with Gasteiger partial charge in [-0.2, -0.15) is 0 Å². The summed E-state index contributed by atoms with van der Waals surface area (Å²) in [6.07, 6.45) is 1.51. The Labute approximate surface area is 115 Å². The van der Waals surface area contributed by atoms with Crippen molar-refractivity contribution in [2.75, 3.05) is 5.32 Å². The molecule has 0 spiro atoms. The molecule has 3 N–H and O–H groups in total. The lowest BCUT2D eigenvalue weighted by Crippen LogP contribution is -2.02. The summed E-state index contributed by atoms with van der Waals surface area (Å²) in [5, 5.41) is 22.9. The van der Waals surface area contributed by atoms with E-state index in [1.54, 1.807) is 6.07 Å². The minimum atomic E-state index is -0.128. The lowest BCUT2D eigenvalue weighted by molar-refractivity contribution is 0.403. The van der Waals surface area contributed by atoms with Gasteiger partial charge in [0.15, 0.2) is 11.5 Å². The minimum absolute atomic E-state index is 0.124. The average Bonchev–Trinajstić information content (AvgIpc) is 2.48. The van der Waals surface area contributed by atoms with Gasteiger partial charge >= 0.3 is 0 Å². The second-order valence-electron chi connectivity index (χ2n) is 4.42. The molecule has 0 unspecified atom stereocenters. The summed E-state index contributed by atoms with van der Waals surface area (Å²) in [6, 6.07) is 12.5. The first-order valence-electron chi connectivity index (χ1n) is 6.18. The third kappa shape index (κ3) is 2.33. The third-order valence-electron chi connectivity index (χ3n) is 3.04. The standard InChI is InChI=1S/C15H13N3O2/c19-13-6-5-10(7-14(13)20)8-16-15-11-3-1-2-4-12(11)17-9-18-15/h1-7,9,19-20H,8H2,(H,16,17,18). The summed E-state index contributed by atoms with van der Waals surface area (Å²) in [5.41, 5.74) is 1.72. The van der Waals surface area contributed by atoms with Crippen molar-refractivity contribution in [3.63, 3.8) is 0 Å². The van der Waals surface area contributed by atoms with Gasteiger partial charge < -0.3 is 15.5 Å². The van der Waals surface area contributed by atoms with Crippen LogP contribution in [0.5, 0.6) is 11.5 Å². The molecule has 0 aliphatic rings. The largest absolute Gasteiger partial charge is 0.504 e. The molecule has 1 heterocycles. The van der Waals surface area contributed by atoms with Crippen molar-refractivity contribution in [1.29, 1.82) is 0 Å². The maximum atomic E-state index is 9.47. The first-order valence-corrected chi connectivity index (χ1v) is 6.18. The van der Waals surface area contributed by atoms with Gasteiger partial charge in [0.25, 0.3) is 0 Å². The lowest BCUT2D eigenvalue weighted by atomic mass is 10.2. The number of hydrogen-bond acceptors (Lipinski definition) is 5. The number of para-hydroxylation sites is 1. The van der Waals surface area contributed by atoms with E-state index in [1.165, 1.54) is 18.5 Å². The average molecular weight is 267 g/mol. The second-order valence-corrected chi connectivity index (χ2v) is 4.42. The molecule has 0 saturated heterocycles. The predicted octanol–water partition coefficient (Wildman–Crippen LogP) is 2.65. The molecule has 20 heavy (non-hydrogen) atoms. The molecule has 1 aromatic heterocycles. The number of rotatable bonds is 3. The fourth-order valence-corrected chi connectivity index (χ4v) is 2.01. The SMILES string of the molecule is Oc1ccc(CNc2ncnc3ccccc23)cc1O. The van der Waals surface area contributed by atoms with Crippen LogP contribution < -0.4 is 5.32 Å². The van der Waals surface area contributed by atoms with Crippen LogP contribution in [0.15, 0.2) is 48.8 Å². The van der Waals surface area contributed by atoms with Crippen LogP contribution >= 0.6 is 0 Å². The molecular weight excluding hydrogens is 254 g/mol. The Balaban J connectivity index is 1.85. The van der Waals surface area contributed by atoms with Crippen molar-refractivity contribution in [3.05, 3.63) is 54.4 Å². The Morgan fingerprint density at radius 3 is 2.65 bits per heavy atom. The monoisotopic (exact) mass is 267 g/mol. The predicted molar refractivity (Wildman–Crippen MR) is 76.6 cm³/mol. The normalized spacial score (nSPS) is 10.6. The number of aromatic nitrogens is 2. The van der Waals surface area contributed by atoms with E-state index < -0.39 is 0 Å². The molecule has 3 rings (SSSR count). The molecule has 0 aliphatic carbocycles.